The SMILES string of the molecule is Oc1ccc(Br)c(CC2CCCCN2)c1. The highest BCUT2D eigenvalue weighted by molar-refractivity contribution is 9.10. The van der Waals surface area contributed by atoms with Gasteiger partial charge in [-0.2, -0.15) is 0 Å². The van der Waals surface area contributed by atoms with Crippen LogP contribution in [-0.4, -0.2) is 17.7 Å². The fourth-order valence-electron chi connectivity index (χ4n) is 2.08. The van der Waals surface area contributed by atoms with E-state index in [1.165, 1.54) is 24.8 Å². The van der Waals surface area contributed by atoms with Crippen LogP contribution in [0, 0.1) is 0 Å². The summed E-state index contributed by atoms with van der Waals surface area (Å²) in [6.45, 7) is 1.13. The van der Waals surface area contributed by atoms with Crippen molar-refractivity contribution < 1.29 is 5.11 Å². The molecule has 15 heavy (non-hydrogen) atoms. The van der Waals surface area contributed by atoms with Gasteiger partial charge in [0.2, 0.25) is 0 Å². The predicted molar refractivity (Wildman–Crippen MR) is 65.2 cm³/mol. The lowest BCUT2D eigenvalue weighted by atomic mass is 9.98. The molecule has 1 atom stereocenters. The molecule has 0 radical (unpaired) electrons. The van der Waals surface area contributed by atoms with E-state index in [9.17, 15) is 5.11 Å². The maximum atomic E-state index is 9.43. The fraction of sp³-hybridized carbons (Fsp3) is 0.500. The van der Waals surface area contributed by atoms with Gasteiger partial charge < -0.3 is 10.4 Å². The van der Waals surface area contributed by atoms with E-state index < -0.39 is 0 Å². The van der Waals surface area contributed by atoms with Crippen LogP contribution in [-0.2, 0) is 6.42 Å². The third-order valence-electron chi connectivity index (χ3n) is 2.91. The topological polar surface area (TPSA) is 32.3 Å². The second-order valence-electron chi connectivity index (χ2n) is 4.13. The Morgan fingerprint density at radius 1 is 1.40 bits per heavy atom. The smallest absolute Gasteiger partial charge is 0.115 e. The van der Waals surface area contributed by atoms with E-state index >= 15 is 0 Å². The van der Waals surface area contributed by atoms with Crippen molar-refractivity contribution >= 4 is 15.9 Å². The first-order valence-electron chi connectivity index (χ1n) is 5.46. The van der Waals surface area contributed by atoms with E-state index in [2.05, 4.69) is 21.2 Å². The summed E-state index contributed by atoms with van der Waals surface area (Å²) < 4.78 is 1.09. The zero-order valence-electron chi connectivity index (χ0n) is 8.67. The van der Waals surface area contributed by atoms with Gasteiger partial charge in [0.05, 0.1) is 0 Å². The van der Waals surface area contributed by atoms with Crippen molar-refractivity contribution in [1.29, 1.82) is 0 Å². The number of hydrogen-bond acceptors (Lipinski definition) is 2. The van der Waals surface area contributed by atoms with Crippen LogP contribution in [0.3, 0.4) is 0 Å². The lowest BCUT2D eigenvalue weighted by Gasteiger charge is -2.23. The predicted octanol–water partition coefficient (Wildman–Crippen LogP) is 2.84. The minimum atomic E-state index is 0.351. The first-order valence-corrected chi connectivity index (χ1v) is 6.26. The summed E-state index contributed by atoms with van der Waals surface area (Å²) in [5, 5.41) is 12.9. The van der Waals surface area contributed by atoms with Crippen molar-refractivity contribution in [2.45, 2.75) is 31.7 Å². The van der Waals surface area contributed by atoms with Crippen molar-refractivity contribution in [2.75, 3.05) is 6.54 Å². The van der Waals surface area contributed by atoms with Gasteiger partial charge in [0.15, 0.2) is 0 Å². The van der Waals surface area contributed by atoms with Gasteiger partial charge in [-0.15, -0.1) is 0 Å². The molecule has 1 saturated heterocycles. The normalized spacial score (nSPS) is 21.5. The zero-order chi connectivity index (χ0) is 10.7. The maximum absolute atomic E-state index is 9.43. The van der Waals surface area contributed by atoms with Crippen molar-refractivity contribution in [3.8, 4) is 5.75 Å². The Morgan fingerprint density at radius 3 is 3.00 bits per heavy atom. The third-order valence-corrected chi connectivity index (χ3v) is 3.68. The Labute approximate surface area is 98.8 Å². The Bertz CT molecular complexity index is 334. The van der Waals surface area contributed by atoms with E-state index in [0.29, 0.717) is 11.8 Å². The highest BCUT2D eigenvalue weighted by Crippen LogP contribution is 2.24. The van der Waals surface area contributed by atoms with Crippen molar-refractivity contribution in [1.82, 2.24) is 5.32 Å². The molecule has 1 aromatic rings. The lowest BCUT2D eigenvalue weighted by Crippen LogP contribution is -2.35. The molecule has 0 aromatic heterocycles. The molecular formula is C12H16BrNO. The van der Waals surface area contributed by atoms with Crippen molar-refractivity contribution in [3.05, 3.63) is 28.2 Å². The summed E-state index contributed by atoms with van der Waals surface area (Å²) in [5.74, 6) is 0.351. The molecule has 1 aromatic carbocycles. The molecule has 0 saturated carbocycles. The van der Waals surface area contributed by atoms with Crippen LogP contribution in [0.4, 0.5) is 0 Å². The molecule has 0 aliphatic carbocycles. The van der Waals surface area contributed by atoms with E-state index in [1.54, 1.807) is 6.07 Å². The Balaban J connectivity index is 2.05. The number of halogens is 1. The van der Waals surface area contributed by atoms with Crippen molar-refractivity contribution in [2.24, 2.45) is 0 Å². The Kier molecular flexibility index (Phi) is 3.65. The summed E-state index contributed by atoms with van der Waals surface area (Å²) in [7, 11) is 0. The molecule has 2 N–H and O–H groups in total. The number of benzene rings is 1. The first-order chi connectivity index (χ1) is 7.25. The average molecular weight is 270 g/mol. The van der Waals surface area contributed by atoms with Crippen LogP contribution >= 0.6 is 15.9 Å². The summed E-state index contributed by atoms with van der Waals surface area (Å²) in [4.78, 5) is 0. The van der Waals surface area contributed by atoms with E-state index in [0.717, 1.165) is 17.4 Å². The second-order valence-corrected chi connectivity index (χ2v) is 4.98. The van der Waals surface area contributed by atoms with Crippen LogP contribution in [0.5, 0.6) is 5.75 Å². The van der Waals surface area contributed by atoms with Gasteiger partial charge in [-0.3, -0.25) is 0 Å². The molecule has 0 amide bonds. The number of hydrogen-bond donors (Lipinski definition) is 2. The number of phenols is 1. The molecule has 2 nitrogen and oxygen atoms in total. The van der Waals surface area contributed by atoms with E-state index in [-0.39, 0.29) is 0 Å². The van der Waals surface area contributed by atoms with Crippen LogP contribution in [0.15, 0.2) is 22.7 Å². The van der Waals surface area contributed by atoms with Crippen LogP contribution in [0.25, 0.3) is 0 Å². The zero-order valence-corrected chi connectivity index (χ0v) is 10.3. The van der Waals surface area contributed by atoms with Gasteiger partial charge in [0, 0.05) is 10.5 Å². The average Bonchev–Trinajstić information content (AvgIpc) is 2.25. The van der Waals surface area contributed by atoms with Crippen LogP contribution in [0.2, 0.25) is 0 Å². The maximum Gasteiger partial charge on any atom is 0.115 e. The number of phenolic OH excluding ortho intramolecular Hbond substituents is 1. The number of nitrogens with one attached hydrogen (secondary N) is 1. The van der Waals surface area contributed by atoms with E-state index in [1.807, 2.05) is 12.1 Å². The highest BCUT2D eigenvalue weighted by Gasteiger charge is 2.14. The standard InChI is InChI=1S/C12H16BrNO/c13-12-5-4-11(15)8-9(12)7-10-3-1-2-6-14-10/h4-5,8,10,14-15H,1-3,6-7H2. The number of piperidine rings is 1. The Morgan fingerprint density at radius 2 is 2.27 bits per heavy atom. The van der Waals surface area contributed by atoms with E-state index in [4.69, 9.17) is 0 Å². The Hall–Kier alpha value is -0.540. The minimum absolute atomic E-state index is 0.351. The fourth-order valence-corrected chi connectivity index (χ4v) is 2.49. The lowest BCUT2D eigenvalue weighted by molar-refractivity contribution is 0.398. The molecule has 2 rings (SSSR count). The van der Waals surface area contributed by atoms with Gasteiger partial charge in [-0.1, -0.05) is 22.4 Å². The summed E-state index contributed by atoms with van der Waals surface area (Å²) in [5.41, 5.74) is 1.19. The summed E-state index contributed by atoms with van der Waals surface area (Å²) in [6.07, 6.45) is 4.84. The molecule has 0 bridgehead atoms. The monoisotopic (exact) mass is 269 g/mol. The molecule has 1 fully saturated rings. The summed E-state index contributed by atoms with van der Waals surface area (Å²) >= 11 is 3.52. The molecular weight excluding hydrogens is 254 g/mol. The molecule has 82 valence electrons. The second kappa shape index (κ2) is 4.99. The van der Waals surface area contributed by atoms with Gasteiger partial charge >= 0.3 is 0 Å². The van der Waals surface area contributed by atoms with Gasteiger partial charge in [-0.05, 0) is 49.6 Å². The number of aromatic hydroxyl groups is 1. The van der Waals surface area contributed by atoms with Crippen molar-refractivity contribution in [3.63, 3.8) is 0 Å². The molecule has 1 aliphatic rings. The quantitative estimate of drug-likeness (QED) is 0.866. The molecule has 0 spiro atoms. The first kappa shape index (κ1) is 11.0. The highest BCUT2D eigenvalue weighted by atomic mass is 79.9. The van der Waals surface area contributed by atoms with Crippen LogP contribution < -0.4 is 5.32 Å². The molecule has 3 heteroatoms. The van der Waals surface area contributed by atoms with Gasteiger partial charge in [0.1, 0.15) is 5.75 Å². The van der Waals surface area contributed by atoms with Gasteiger partial charge in [-0.25, -0.2) is 0 Å². The number of rotatable bonds is 2. The largest absolute Gasteiger partial charge is 0.508 e. The minimum Gasteiger partial charge on any atom is -0.508 e. The third kappa shape index (κ3) is 2.95. The summed E-state index contributed by atoms with van der Waals surface area (Å²) in [6, 6.07) is 6.03. The molecule has 1 aliphatic heterocycles. The van der Waals surface area contributed by atoms with Crippen LogP contribution in [0.1, 0.15) is 24.8 Å². The molecule has 1 heterocycles. The van der Waals surface area contributed by atoms with Gasteiger partial charge in [0.25, 0.3) is 0 Å². The molecule has 1 unspecified atom stereocenters.